The molecule has 0 aromatic carbocycles. The Labute approximate surface area is 62.3 Å². The first kappa shape index (κ1) is 10.3. The van der Waals surface area contributed by atoms with Gasteiger partial charge in [0.15, 0.2) is 0 Å². The van der Waals surface area contributed by atoms with Crippen molar-refractivity contribution in [3.63, 3.8) is 0 Å². The van der Waals surface area contributed by atoms with Gasteiger partial charge >= 0.3 is 7.94 Å². The summed E-state index contributed by atoms with van der Waals surface area (Å²) in [6, 6.07) is 0. The Balaban J connectivity index is 3.04. The Morgan fingerprint density at radius 3 is 2.00 bits per heavy atom. The lowest BCUT2D eigenvalue weighted by Gasteiger charge is -2.01. The van der Waals surface area contributed by atoms with Crippen molar-refractivity contribution in [3.05, 3.63) is 0 Å². The van der Waals surface area contributed by atoms with E-state index in [1.165, 1.54) is 0 Å². The van der Waals surface area contributed by atoms with E-state index in [9.17, 15) is 0 Å². The quantitative estimate of drug-likeness (QED) is 0.427. The molecule has 0 aromatic rings. The Morgan fingerprint density at radius 1 is 1.00 bits per heavy atom. The lowest BCUT2D eigenvalue weighted by molar-refractivity contribution is 0.328. The molecule has 0 spiro atoms. The maximum atomic E-state index is 8.54. The predicted octanol–water partition coefficient (Wildman–Crippen LogP) is 1.31. The first-order valence-corrected chi connectivity index (χ1v) is 5.46. The average molecular weight is 167 g/mol. The van der Waals surface area contributed by atoms with Crippen LogP contribution in [0.4, 0.5) is 0 Å². The van der Waals surface area contributed by atoms with Crippen molar-refractivity contribution >= 4 is 7.94 Å². The summed E-state index contributed by atoms with van der Waals surface area (Å²) in [4.78, 5) is 25.6. The van der Waals surface area contributed by atoms with Crippen LogP contribution in [-0.4, -0.2) is 20.8 Å². The van der Waals surface area contributed by atoms with Gasteiger partial charge in [0.1, 0.15) is 6.16 Å². The van der Waals surface area contributed by atoms with E-state index >= 15 is 0 Å². The molecule has 0 saturated heterocycles. The molecule has 0 heterocycles. The molecule has 62 valence electrons. The minimum Gasteiger partial charge on any atom is -0.193 e. The normalized spacial score (nSPS) is 12.0. The number of hydrogen-bond acceptors (Lipinski definition) is 3. The van der Waals surface area contributed by atoms with E-state index < -0.39 is 7.94 Å². The summed E-state index contributed by atoms with van der Waals surface area (Å²) in [5, 5.41) is 0. The molecule has 0 bridgehead atoms. The second-order valence-electron chi connectivity index (χ2n) is 2.48. The zero-order chi connectivity index (χ0) is 8.04. The highest BCUT2D eigenvalue weighted by molar-refractivity contribution is 7.58. The van der Waals surface area contributed by atoms with E-state index in [1.807, 2.05) is 0 Å². The van der Waals surface area contributed by atoms with Gasteiger partial charge in [-0.05, 0) is 12.8 Å². The summed E-state index contributed by atoms with van der Waals surface area (Å²) in [7, 11) is -3.46. The number of rotatable bonds is 5. The van der Waals surface area contributed by atoms with Gasteiger partial charge < -0.3 is 0 Å². The molecular formula is C6H16O3P+. The first-order chi connectivity index (χ1) is 4.56. The monoisotopic (exact) mass is 167 g/mol. The Morgan fingerprint density at radius 2 is 1.60 bits per heavy atom. The molecule has 0 atom stereocenters. The third-order valence-corrected chi connectivity index (χ3v) is 2.23. The van der Waals surface area contributed by atoms with Gasteiger partial charge in [0, 0.05) is 0 Å². The maximum absolute atomic E-state index is 8.54. The SMILES string of the molecule is CCCCCC[P+](O)(O)O. The molecule has 0 saturated carbocycles. The van der Waals surface area contributed by atoms with E-state index in [2.05, 4.69) is 6.92 Å². The van der Waals surface area contributed by atoms with E-state index in [-0.39, 0.29) is 6.16 Å². The standard InChI is InChI=1S/C6H16O3P/c1-2-3-4-5-6-10(7,8)9/h7-9H,2-6H2,1H3/q+1. The molecule has 0 fully saturated rings. The summed E-state index contributed by atoms with van der Waals surface area (Å²) < 4.78 is 0. The van der Waals surface area contributed by atoms with Gasteiger partial charge in [0.2, 0.25) is 0 Å². The smallest absolute Gasteiger partial charge is 0.193 e. The van der Waals surface area contributed by atoms with E-state index in [1.54, 1.807) is 0 Å². The lowest BCUT2D eigenvalue weighted by Crippen LogP contribution is -1.94. The molecule has 10 heavy (non-hydrogen) atoms. The lowest BCUT2D eigenvalue weighted by atomic mass is 10.2. The fourth-order valence-corrected chi connectivity index (χ4v) is 1.40. The molecule has 0 aliphatic rings. The minimum atomic E-state index is -3.46. The topological polar surface area (TPSA) is 60.7 Å². The van der Waals surface area contributed by atoms with Crippen molar-refractivity contribution in [2.45, 2.75) is 32.6 Å². The molecular weight excluding hydrogens is 151 g/mol. The predicted molar refractivity (Wildman–Crippen MR) is 42.6 cm³/mol. The Kier molecular flexibility index (Phi) is 5.18. The molecule has 0 amide bonds. The summed E-state index contributed by atoms with van der Waals surface area (Å²) in [5.74, 6) is 0. The van der Waals surface area contributed by atoms with Crippen molar-refractivity contribution in [2.24, 2.45) is 0 Å². The van der Waals surface area contributed by atoms with Crippen molar-refractivity contribution in [1.82, 2.24) is 0 Å². The van der Waals surface area contributed by atoms with Crippen LogP contribution in [0.5, 0.6) is 0 Å². The largest absolute Gasteiger partial charge is 0.403 e. The van der Waals surface area contributed by atoms with Crippen LogP contribution >= 0.6 is 7.94 Å². The second-order valence-corrected chi connectivity index (χ2v) is 4.31. The fraction of sp³-hybridized carbons (Fsp3) is 1.00. The van der Waals surface area contributed by atoms with Crippen LogP contribution in [0.25, 0.3) is 0 Å². The molecule has 0 unspecified atom stereocenters. The van der Waals surface area contributed by atoms with Crippen molar-refractivity contribution in [3.8, 4) is 0 Å². The second kappa shape index (κ2) is 5.03. The number of unbranched alkanes of at least 4 members (excludes halogenated alkanes) is 3. The molecule has 0 rings (SSSR count). The van der Waals surface area contributed by atoms with Gasteiger partial charge in [-0.15, -0.1) is 0 Å². The zero-order valence-electron chi connectivity index (χ0n) is 6.32. The minimum absolute atomic E-state index is 0.160. The number of hydrogen-bond donors (Lipinski definition) is 3. The van der Waals surface area contributed by atoms with Gasteiger partial charge in [0.25, 0.3) is 0 Å². The van der Waals surface area contributed by atoms with Gasteiger partial charge in [-0.25, -0.2) is 0 Å². The van der Waals surface area contributed by atoms with Crippen LogP contribution in [0, 0.1) is 0 Å². The molecule has 0 aromatic heterocycles. The first-order valence-electron chi connectivity index (χ1n) is 3.62. The van der Waals surface area contributed by atoms with E-state index in [0.717, 1.165) is 19.3 Å². The highest BCUT2D eigenvalue weighted by Crippen LogP contribution is 2.45. The van der Waals surface area contributed by atoms with Gasteiger partial charge in [-0.2, -0.15) is 14.7 Å². The maximum Gasteiger partial charge on any atom is 0.403 e. The van der Waals surface area contributed by atoms with Crippen LogP contribution in [0.2, 0.25) is 0 Å². The van der Waals surface area contributed by atoms with Crippen LogP contribution < -0.4 is 0 Å². The van der Waals surface area contributed by atoms with Crippen molar-refractivity contribution < 1.29 is 14.7 Å². The molecule has 3 N–H and O–H groups in total. The fourth-order valence-electron chi connectivity index (χ4n) is 0.751. The van der Waals surface area contributed by atoms with Crippen molar-refractivity contribution in [1.29, 1.82) is 0 Å². The van der Waals surface area contributed by atoms with E-state index in [4.69, 9.17) is 14.7 Å². The van der Waals surface area contributed by atoms with Crippen LogP contribution in [-0.2, 0) is 0 Å². The molecule has 4 heteroatoms. The third-order valence-electron chi connectivity index (χ3n) is 1.31. The highest BCUT2D eigenvalue weighted by Gasteiger charge is 2.27. The zero-order valence-corrected chi connectivity index (χ0v) is 7.22. The summed E-state index contributed by atoms with van der Waals surface area (Å²) in [6.07, 6.45) is 4.06. The summed E-state index contributed by atoms with van der Waals surface area (Å²) >= 11 is 0. The van der Waals surface area contributed by atoms with Gasteiger partial charge in [0.05, 0.1) is 0 Å². The third kappa shape index (κ3) is 8.31. The Bertz CT molecular complexity index is 79.6. The van der Waals surface area contributed by atoms with Crippen LogP contribution in [0.3, 0.4) is 0 Å². The van der Waals surface area contributed by atoms with E-state index in [0.29, 0.717) is 6.42 Å². The van der Waals surface area contributed by atoms with Crippen molar-refractivity contribution in [2.75, 3.05) is 6.16 Å². The molecule has 0 aliphatic carbocycles. The van der Waals surface area contributed by atoms with Crippen LogP contribution in [0.1, 0.15) is 32.6 Å². The average Bonchev–Trinajstić information content (AvgIpc) is 1.78. The Hall–Kier alpha value is 0.310. The van der Waals surface area contributed by atoms with Gasteiger partial charge in [-0.3, -0.25) is 0 Å². The molecule has 0 radical (unpaired) electrons. The molecule has 3 nitrogen and oxygen atoms in total. The van der Waals surface area contributed by atoms with Gasteiger partial charge in [-0.1, -0.05) is 19.8 Å². The molecule has 0 aliphatic heterocycles. The van der Waals surface area contributed by atoms with Crippen LogP contribution in [0.15, 0.2) is 0 Å². The highest BCUT2D eigenvalue weighted by atomic mass is 31.2. The summed E-state index contributed by atoms with van der Waals surface area (Å²) in [6.45, 7) is 2.08. The summed E-state index contributed by atoms with van der Waals surface area (Å²) in [5.41, 5.74) is 0.